The minimum Gasteiger partial charge on any atom is -0.481 e. The smallest absolute Gasteiger partial charge is 0.317 e. The third-order valence-corrected chi connectivity index (χ3v) is 4.52. The summed E-state index contributed by atoms with van der Waals surface area (Å²) in [6.45, 7) is 4.26. The molecule has 2 rings (SSSR count). The minimum atomic E-state index is -0.840. The normalized spacial score (nSPS) is 27.8. The van der Waals surface area contributed by atoms with Crippen LogP contribution in [0.3, 0.4) is 0 Å². The summed E-state index contributed by atoms with van der Waals surface area (Å²) in [4.78, 5) is 29.3. The number of carbonyl (C=O) groups excluding carboxylic acids is 1. The molecule has 2 aliphatic rings. The number of carboxylic acids is 1. The summed E-state index contributed by atoms with van der Waals surface area (Å²) in [5.41, 5.74) is 0. The average Bonchev–Trinajstić information content (AvgIpc) is 2.86. The second kappa shape index (κ2) is 7.09. The third-order valence-electron chi connectivity index (χ3n) is 4.52. The number of piperazine rings is 1. The Kier molecular flexibility index (Phi) is 5.41. The zero-order chi connectivity index (χ0) is 15.4. The van der Waals surface area contributed by atoms with Gasteiger partial charge < -0.3 is 20.2 Å². The van der Waals surface area contributed by atoms with Gasteiger partial charge in [-0.05, 0) is 26.9 Å². The van der Waals surface area contributed by atoms with Crippen LogP contribution in [0.15, 0.2) is 0 Å². The maximum absolute atomic E-state index is 12.3. The number of carbonyl (C=O) groups is 2. The van der Waals surface area contributed by atoms with Crippen molar-refractivity contribution in [1.29, 1.82) is 0 Å². The Morgan fingerprint density at radius 2 is 1.95 bits per heavy atom. The number of aliphatic carboxylic acids is 1. The standard InChI is InChI=1S/C14H26N4O3/c1-16-6-7-17(2)12(10-16)9-15-14(21)18-5-3-4-11(18)8-13(19)20/h11-12H,3-10H2,1-2H3,(H,15,21)(H,19,20). The van der Waals surface area contributed by atoms with Crippen molar-refractivity contribution in [3.05, 3.63) is 0 Å². The quantitative estimate of drug-likeness (QED) is 0.757. The molecule has 2 unspecified atom stereocenters. The van der Waals surface area contributed by atoms with E-state index in [-0.39, 0.29) is 18.5 Å². The highest BCUT2D eigenvalue weighted by Gasteiger charge is 2.31. The van der Waals surface area contributed by atoms with E-state index in [0.717, 1.165) is 32.5 Å². The van der Waals surface area contributed by atoms with Gasteiger partial charge in [-0.2, -0.15) is 0 Å². The summed E-state index contributed by atoms with van der Waals surface area (Å²) >= 11 is 0. The number of likely N-dealkylation sites (N-methyl/N-ethyl adjacent to an activating group) is 2. The van der Waals surface area contributed by atoms with Crippen molar-refractivity contribution in [2.75, 3.05) is 46.8 Å². The molecule has 2 heterocycles. The van der Waals surface area contributed by atoms with E-state index >= 15 is 0 Å². The van der Waals surface area contributed by atoms with Crippen LogP contribution in [0.25, 0.3) is 0 Å². The van der Waals surface area contributed by atoms with E-state index in [4.69, 9.17) is 5.11 Å². The molecule has 7 heteroatoms. The van der Waals surface area contributed by atoms with E-state index in [9.17, 15) is 9.59 Å². The number of likely N-dealkylation sites (tertiary alicyclic amines) is 1. The monoisotopic (exact) mass is 298 g/mol. The minimum absolute atomic E-state index is 0.0412. The summed E-state index contributed by atoms with van der Waals surface area (Å²) in [5.74, 6) is -0.840. The lowest BCUT2D eigenvalue weighted by molar-refractivity contribution is -0.137. The van der Waals surface area contributed by atoms with E-state index in [0.29, 0.717) is 19.1 Å². The first kappa shape index (κ1) is 16.0. The molecule has 2 amide bonds. The molecule has 0 aromatic rings. The van der Waals surface area contributed by atoms with Gasteiger partial charge in [-0.15, -0.1) is 0 Å². The van der Waals surface area contributed by atoms with Gasteiger partial charge in [0.15, 0.2) is 0 Å². The maximum Gasteiger partial charge on any atom is 0.317 e. The van der Waals surface area contributed by atoms with Gasteiger partial charge in [0.1, 0.15) is 0 Å². The number of hydrogen-bond donors (Lipinski definition) is 2. The molecule has 0 saturated carbocycles. The lowest BCUT2D eigenvalue weighted by Gasteiger charge is -2.38. The van der Waals surface area contributed by atoms with Crippen molar-refractivity contribution < 1.29 is 14.7 Å². The van der Waals surface area contributed by atoms with Crippen molar-refractivity contribution >= 4 is 12.0 Å². The predicted molar refractivity (Wildman–Crippen MR) is 79.3 cm³/mol. The average molecular weight is 298 g/mol. The van der Waals surface area contributed by atoms with Crippen LogP contribution in [0.1, 0.15) is 19.3 Å². The number of amides is 2. The fourth-order valence-electron chi connectivity index (χ4n) is 3.15. The van der Waals surface area contributed by atoms with E-state index in [1.807, 2.05) is 0 Å². The largest absolute Gasteiger partial charge is 0.481 e. The highest BCUT2D eigenvalue weighted by Crippen LogP contribution is 2.20. The van der Waals surface area contributed by atoms with E-state index in [2.05, 4.69) is 29.2 Å². The third kappa shape index (κ3) is 4.31. The van der Waals surface area contributed by atoms with E-state index in [1.165, 1.54) is 0 Å². The van der Waals surface area contributed by atoms with Gasteiger partial charge in [0.05, 0.1) is 6.42 Å². The first-order valence-corrected chi connectivity index (χ1v) is 7.62. The Morgan fingerprint density at radius 3 is 2.67 bits per heavy atom. The molecule has 2 saturated heterocycles. The van der Waals surface area contributed by atoms with Gasteiger partial charge in [0.25, 0.3) is 0 Å². The number of hydrogen-bond acceptors (Lipinski definition) is 4. The van der Waals surface area contributed by atoms with Crippen LogP contribution in [0, 0.1) is 0 Å². The molecule has 0 aliphatic carbocycles. The molecule has 2 aliphatic heterocycles. The highest BCUT2D eigenvalue weighted by atomic mass is 16.4. The van der Waals surface area contributed by atoms with Crippen molar-refractivity contribution in [2.24, 2.45) is 0 Å². The second-order valence-electron chi connectivity index (χ2n) is 6.17. The topological polar surface area (TPSA) is 76.1 Å². The Balaban J connectivity index is 1.82. The van der Waals surface area contributed by atoms with Crippen molar-refractivity contribution in [1.82, 2.24) is 20.0 Å². The van der Waals surface area contributed by atoms with Crippen LogP contribution < -0.4 is 5.32 Å². The van der Waals surface area contributed by atoms with E-state index < -0.39 is 5.97 Å². The van der Waals surface area contributed by atoms with Crippen molar-refractivity contribution in [3.63, 3.8) is 0 Å². The number of urea groups is 1. The fourth-order valence-corrected chi connectivity index (χ4v) is 3.15. The Morgan fingerprint density at radius 1 is 1.19 bits per heavy atom. The molecule has 0 aromatic carbocycles. The van der Waals surface area contributed by atoms with Gasteiger partial charge >= 0.3 is 12.0 Å². The Bertz CT molecular complexity index is 390. The zero-order valence-electron chi connectivity index (χ0n) is 12.9. The number of nitrogens with zero attached hydrogens (tertiary/aromatic N) is 3. The second-order valence-corrected chi connectivity index (χ2v) is 6.17. The summed E-state index contributed by atoms with van der Waals surface area (Å²) in [7, 11) is 4.16. The van der Waals surface area contributed by atoms with Crippen LogP contribution in [0.2, 0.25) is 0 Å². The SMILES string of the molecule is CN1CCN(C)C(CNC(=O)N2CCCC2CC(=O)O)C1. The lowest BCUT2D eigenvalue weighted by atomic mass is 10.1. The molecular weight excluding hydrogens is 272 g/mol. The zero-order valence-corrected chi connectivity index (χ0v) is 12.9. The van der Waals surface area contributed by atoms with Gasteiger partial charge in [0, 0.05) is 44.8 Å². The highest BCUT2D eigenvalue weighted by molar-refractivity contribution is 5.76. The molecular formula is C14H26N4O3. The van der Waals surface area contributed by atoms with Crippen molar-refractivity contribution in [3.8, 4) is 0 Å². The number of nitrogens with one attached hydrogen (secondary N) is 1. The number of carboxylic acid groups (broad SMARTS) is 1. The van der Waals surface area contributed by atoms with E-state index in [1.54, 1.807) is 4.90 Å². The van der Waals surface area contributed by atoms with Gasteiger partial charge in [0.2, 0.25) is 0 Å². The summed E-state index contributed by atoms with van der Waals surface area (Å²) < 4.78 is 0. The van der Waals surface area contributed by atoms with Crippen LogP contribution >= 0.6 is 0 Å². The van der Waals surface area contributed by atoms with Crippen molar-refractivity contribution in [2.45, 2.75) is 31.3 Å². The molecule has 2 atom stereocenters. The van der Waals surface area contributed by atoms with Gasteiger partial charge in [-0.25, -0.2) is 4.79 Å². The van der Waals surface area contributed by atoms with Crippen LogP contribution in [-0.4, -0.2) is 90.7 Å². The first-order valence-electron chi connectivity index (χ1n) is 7.62. The van der Waals surface area contributed by atoms with Crippen LogP contribution in [0.5, 0.6) is 0 Å². The molecule has 21 heavy (non-hydrogen) atoms. The molecule has 0 radical (unpaired) electrons. The molecule has 120 valence electrons. The molecule has 2 N–H and O–H groups in total. The summed E-state index contributed by atoms with van der Waals surface area (Å²) in [6, 6.07) is 0.0304. The summed E-state index contributed by atoms with van der Waals surface area (Å²) in [6.07, 6.45) is 1.71. The Hall–Kier alpha value is -1.34. The molecule has 0 aromatic heterocycles. The maximum atomic E-state index is 12.3. The molecule has 7 nitrogen and oxygen atoms in total. The fraction of sp³-hybridized carbons (Fsp3) is 0.857. The first-order chi connectivity index (χ1) is 9.97. The lowest BCUT2D eigenvalue weighted by Crippen LogP contribution is -2.55. The van der Waals surface area contributed by atoms with Gasteiger partial charge in [-0.1, -0.05) is 0 Å². The molecule has 0 bridgehead atoms. The number of rotatable bonds is 4. The summed E-state index contributed by atoms with van der Waals surface area (Å²) in [5, 5.41) is 11.9. The van der Waals surface area contributed by atoms with Crippen LogP contribution in [0.4, 0.5) is 4.79 Å². The van der Waals surface area contributed by atoms with Gasteiger partial charge in [-0.3, -0.25) is 9.69 Å². The Labute approximate surface area is 125 Å². The molecule has 2 fully saturated rings. The van der Waals surface area contributed by atoms with Crippen LogP contribution in [-0.2, 0) is 4.79 Å². The predicted octanol–water partition coefficient (Wildman–Crippen LogP) is -0.119. The molecule has 0 spiro atoms.